The number of fused-ring (bicyclic) bond motifs is 1. The molecule has 0 saturated heterocycles. The first-order valence-corrected chi connectivity index (χ1v) is 10.1. The van der Waals surface area contributed by atoms with Crippen LogP contribution in [0.1, 0.15) is 37.3 Å². The zero-order valence-corrected chi connectivity index (χ0v) is 17.1. The zero-order valence-electron chi connectivity index (χ0n) is 17.1. The first-order chi connectivity index (χ1) is 14.0. The van der Waals surface area contributed by atoms with Crippen LogP contribution in [0.25, 0.3) is 0 Å². The molecule has 2 aromatic rings. The Morgan fingerprint density at radius 3 is 2.59 bits per heavy atom. The summed E-state index contributed by atoms with van der Waals surface area (Å²) in [5.74, 6) is 1.76. The molecule has 154 valence electrons. The Hall–Kier alpha value is -3.02. The van der Waals surface area contributed by atoms with E-state index in [1.807, 2.05) is 56.4 Å². The second-order valence-electron chi connectivity index (χ2n) is 7.15. The molecule has 1 aliphatic rings. The number of rotatable bonds is 9. The summed E-state index contributed by atoms with van der Waals surface area (Å²) in [5.41, 5.74) is 3.02. The van der Waals surface area contributed by atoms with Gasteiger partial charge in [-0.3, -0.25) is 9.59 Å². The van der Waals surface area contributed by atoms with Crippen molar-refractivity contribution < 1.29 is 19.1 Å². The van der Waals surface area contributed by atoms with E-state index in [0.29, 0.717) is 39.0 Å². The SMILES string of the molecule is CCOc1ccc(CN(C)C(=O)CCCOc2ccc3c(c2)CCC(=O)N3)cc1. The van der Waals surface area contributed by atoms with E-state index in [4.69, 9.17) is 9.47 Å². The number of hydrogen-bond acceptors (Lipinski definition) is 4. The lowest BCUT2D eigenvalue weighted by Crippen LogP contribution is -2.26. The van der Waals surface area contributed by atoms with Crippen LogP contribution >= 0.6 is 0 Å². The van der Waals surface area contributed by atoms with Crippen molar-refractivity contribution in [1.29, 1.82) is 0 Å². The van der Waals surface area contributed by atoms with E-state index < -0.39 is 0 Å². The number of anilines is 1. The third-order valence-electron chi connectivity index (χ3n) is 4.86. The number of nitrogens with one attached hydrogen (secondary N) is 1. The highest BCUT2D eigenvalue weighted by Gasteiger charge is 2.15. The monoisotopic (exact) mass is 396 g/mol. The van der Waals surface area contributed by atoms with Gasteiger partial charge in [0.25, 0.3) is 0 Å². The van der Waals surface area contributed by atoms with Crippen molar-refractivity contribution in [2.75, 3.05) is 25.6 Å². The Labute approximate surface area is 171 Å². The highest BCUT2D eigenvalue weighted by atomic mass is 16.5. The van der Waals surface area contributed by atoms with Gasteiger partial charge in [-0.2, -0.15) is 0 Å². The van der Waals surface area contributed by atoms with Crippen LogP contribution in [0.5, 0.6) is 11.5 Å². The Morgan fingerprint density at radius 2 is 1.83 bits per heavy atom. The maximum absolute atomic E-state index is 12.4. The fourth-order valence-electron chi connectivity index (χ4n) is 3.27. The Balaban J connectivity index is 1.39. The van der Waals surface area contributed by atoms with Gasteiger partial charge in [0.2, 0.25) is 11.8 Å². The van der Waals surface area contributed by atoms with Gasteiger partial charge in [-0.15, -0.1) is 0 Å². The fraction of sp³-hybridized carbons (Fsp3) is 0.391. The van der Waals surface area contributed by atoms with Crippen molar-refractivity contribution >= 4 is 17.5 Å². The molecule has 3 rings (SSSR count). The van der Waals surface area contributed by atoms with E-state index in [1.54, 1.807) is 4.90 Å². The van der Waals surface area contributed by atoms with Gasteiger partial charge in [0.05, 0.1) is 13.2 Å². The molecule has 0 fully saturated rings. The maximum Gasteiger partial charge on any atom is 0.224 e. The van der Waals surface area contributed by atoms with E-state index in [9.17, 15) is 9.59 Å². The molecule has 0 unspecified atom stereocenters. The van der Waals surface area contributed by atoms with Crippen LogP contribution in [0.4, 0.5) is 5.69 Å². The van der Waals surface area contributed by atoms with Gasteiger partial charge in [-0.1, -0.05) is 12.1 Å². The van der Waals surface area contributed by atoms with E-state index in [-0.39, 0.29) is 11.8 Å². The molecule has 0 aromatic heterocycles. The van der Waals surface area contributed by atoms with Crippen LogP contribution in [0.3, 0.4) is 0 Å². The maximum atomic E-state index is 12.4. The molecule has 1 N–H and O–H groups in total. The van der Waals surface area contributed by atoms with Crippen LogP contribution in [0, 0.1) is 0 Å². The molecular weight excluding hydrogens is 368 g/mol. The van der Waals surface area contributed by atoms with Crippen LogP contribution in [0.2, 0.25) is 0 Å². The summed E-state index contributed by atoms with van der Waals surface area (Å²) in [6.07, 6.45) is 2.33. The fourth-order valence-corrected chi connectivity index (χ4v) is 3.27. The molecule has 0 bridgehead atoms. The molecule has 2 aromatic carbocycles. The van der Waals surface area contributed by atoms with Crippen LogP contribution in [0.15, 0.2) is 42.5 Å². The number of hydrogen-bond donors (Lipinski definition) is 1. The van der Waals surface area contributed by atoms with Gasteiger partial charge in [0.1, 0.15) is 11.5 Å². The Bertz CT molecular complexity index is 848. The van der Waals surface area contributed by atoms with E-state index in [2.05, 4.69) is 5.32 Å². The average Bonchev–Trinajstić information content (AvgIpc) is 2.72. The van der Waals surface area contributed by atoms with Gasteiger partial charge in [-0.25, -0.2) is 0 Å². The molecule has 0 spiro atoms. The highest BCUT2D eigenvalue weighted by Crippen LogP contribution is 2.26. The summed E-state index contributed by atoms with van der Waals surface area (Å²) in [7, 11) is 1.82. The standard InChI is InChI=1S/C23H28N2O4/c1-3-28-19-9-6-17(7-10-19)16-25(2)23(27)5-4-14-29-20-11-12-21-18(15-20)8-13-22(26)24-21/h6-7,9-12,15H,3-5,8,13-14,16H2,1-2H3,(H,24,26). The largest absolute Gasteiger partial charge is 0.494 e. The lowest BCUT2D eigenvalue weighted by molar-refractivity contribution is -0.130. The number of nitrogens with zero attached hydrogens (tertiary/aromatic N) is 1. The average molecular weight is 396 g/mol. The number of benzene rings is 2. The van der Waals surface area contributed by atoms with Crippen molar-refractivity contribution in [3.63, 3.8) is 0 Å². The molecule has 0 saturated carbocycles. The highest BCUT2D eigenvalue weighted by molar-refractivity contribution is 5.94. The molecule has 6 nitrogen and oxygen atoms in total. The zero-order chi connectivity index (χ0) is 20.6. The molecule has 29 heavy (non-hydrogen) atoms. The quantitative estimate of drug-likeness (QED) is 0.655. The number of aryl methyl sites for hydroxylation is 1. The second-order valence-corrected chi connectivity index (χ2v) is 7.15. The van der Waals surface area contributed by atoms with Crippen LogP contribution < -0.4 is 14.8 Å². The van der Waals surface area contributed by atoms with Gasteiger partial charge in [-0.05, 0) is 61.2 Å². The molecule has 0 atom stereocenters. The minimum Gasteiger partial charge on any atom is -0.494 e. The molecule has 2 amide bonds. The second kappa shape index (κ2) is 9.96. The predicted molar refractivity (Wildman–Crippen MR) is 112 cm³/mol. The topological polar surface area (TPSA) is 67.9 Å². The van der Waals surface area contributed by atoms with Gasteiger partial charge < -0.3 is 19.7 Å². The Kier molecular flexibility index (Phi) is 7.11. The number of carbonyl (C=O) groups is 2. The molecule has 0 aliphatic carbocycles. The minimum absolute atomic E-state index is 0.0547. The van der Waals surface area contributed by atoms with Gasteiger partial charge in [0.15, 0.2) is 0 Å². The smallest absolute Gasteiger partial charge is 0.224 e. The van der Waals surface area contributed by atoms with Crippen molar-refractivity contribution in [3.05, 3.63) is 53.6 Å². The minimum atomic E-state index is 0.0547. The third kappa shape index (κ3) is 5.98. The van der Waals surface area contributed by atoms with Gasteiger partial charge in [0, 0.05) is 32.1 Å². The molecule has 1 heterocycles. The molecule has 0 radical (unpaired) electrons. The Morgan fingerprint density at radius 1 is 1.07 bits per heavy atom. The summed E-state index contributed by atoms with van der Waals surface area (Å²) >= 11 is 0. The summed E-state index contributed by atoms with van der Waals surface area (Å²) in [5, 5.41) is 2.86. The summed E-state index contributed by atoms with van der Waals surface area (Å²) in [6.45, 7) is 3.65. The van der Waals surface area contributed by atoms with Crippen LogP contribution in [-0.2, 0) is 22.6 Å². The number of carbonyl (C=O) groups excluding carboxylic acids is 2. The lowest BCUT2D eigenvalue weighted by atomic mass is 10.0. The van der Waals surface area contributed by atoms with Crippen molar-refractivity contribution in [3.8, 4) is 11.5 Å². The lowest BCUT2D eigenvalue weighted by Gasteiger charge is -2.18. The molecule has 1 aliphatic heterocycles. The number of amides is 2. The summed E-state index contributed by atoms with van der Waals surface area (Å²) < 4.78 is 11.2. The van der Waals surface area contributed by atoms with Crippen LogP contribution in [-0.4, -0.2) is 37.0 Å². The van der Waals surface area contributed by atoms with Crippen molar-refractivity contribution in [2.24, 2.45) is 0 Å². The third-order valence-corrected chi connectivity index (χ3v) is 4.86. The summed E-state index contributed by atoms with van der Waals surface area (Å²) in [6, 6.07) is 13.5. The first kappa shape index (κ1) is 20.7. The molecular formula is C23H28N2O4. The molecule has 6 heteroatoms. The first-order valence-electron chi connectivity index (χ1n) is 10.1. The number of ether oxygens (including phenoxy) is 2. The van der Waals surface area contributed by atoms with Crippen molar-refractivity contribution in [1.82, 2.24) is 4.90 Å². The normalized spacial score (nSPS) is 12.7. The summed E-state index contributed by atoms with van der Waals surface area (Å²) in [4.78, 5) is 25.5. The van der Waals surface area contributed by atoms with E-state index >= 15 is 0 Å². The van der Waals surface area contributed by atoms with Gasteiger partial charge >= 0.3 is 0 Å². The van der Waals surface area contributed by atoms with E-state index in [0.717, 1.165) is 34.7 Å². The van der Waals surface area contributed by atoms with Crippen molar-refractivity contribution in [2.45, 2.75) is 39.2 Å². The predicted octanol–water partition coefficient (Wildman–Crippen LogP) is 3.79. The van der Waals surface area contributed by atoms with E-state index in [1.165, 1.54) is 0 Å².